The van der Waals surface area contributed by atoms with Crippen molar-refractivity contribution in [3.05, 3.63) is 120 Å². The van der Waals surface area contributed by atoms with Crippen LogP contribution in [0.1, 0.15) is 69.9 Å². The second-order valence-corrected chi connectivity index (χ2v) is 13.5. The van der Waals surface area contributed by atoms with E-state index in [9.17, 15) is 5.11 Å². The van der Waals surface area contributed by atoms with Gasteiger partial charge in [0.05, 0.1) is 19.7 Å². The molecule has 41 heavy (non-hydrogen) atoms. The van der Waals surface area contributed by atoms with Gasteiger partial charge in [-0.1, -0.05) is 107 Å². The third kappa shape index (κ3) is 9.62. The summed E-state index contributed by atoms with van der Waals surface area (Å²) in [5.41, 5.74) is 3.73. The molecule has 219 valence electrons. The van der Waals surface area contributed by atoms with Gasteiger partial charge >= 0.3 is 24.8 Å². The van der Waals surface area contributed by atoms with Crippen molar-refractivity contribution in [1.82, 2.24) is 0 Å². The van der Waals surface area contributed by atoms with E-state index in [0.717, 1.165) is 24.9 Å². The molecule has 0 spiro atoms. The van der Waals surface area contributed by atoms with E-state index < -0.39 is 7.92 Å². The van der Waals surface area contributed by atoms with E-state index >= 15 is 0 Å². The van der Waals surface area contributed by atoms with Crippen LogP contribution in [0.4, 0.5) is 5.69 Å². The zero-order valence-electron chi connectivity index (χ0n) is 24.5. The predicted octanol–water partition coefficient (Wildman–Crippen LogP) is 8.66. The number of aliphatic hydroxyl groups excluding tert-OH is 1. The predicted molar refractivity (Wildman–Crippen MR) is 179 cm³/mol. The van der Waals surface area contributed by atoms with E-state index in [-0.39, 0.29) is 12.0 Å². The Morgan fingerprint density at radius 2 is 1.10 bits per heavy atom. The summed E-state index contributed by atoms with van der Waals surface area (Å²) in [6.07, 6.45) is 4.88. The van der Waals surface area contributed by atoms with Gasteiger partial charge in [-0.05, 0) is 72.2 Å². The van der Waals surface area contributed by atoms with Gasteiger partial charge in [0.25, 0.3) is 0 Å². The molecule has 1 aliphatic rings. The molecule has 5 heteroatoms. The summed E-state index contributed by atoms with van der Waals surface area (Å²) in [6, 6.07) is 39.0. The van der Waals surface area contributed by atoms with Crippen molar-refractivity contribution in [3.8, 4) is 0 Å². The Balaban J connectivity index is 0.000000213. The molecule has 0 bridgehead atoms. The first-order valence-electron chi connectivity index (χ1n) is 14.5. The average Bonchev–Trinajstić information content (AvgIpc) is 3.43. The van der Waals surface area contributed by atoms with Gasteiger partial charge in [0.2, 0.25) is 0 Å². The van der Waals surface area contributed by atoms with Crippen LogP contribution in [0.3, 0.4) is 0 Å². The molecule has 2 nitrogen and oxygen atoms in total. The Bertz CT molecular complexity index is 1200. The van der Waals surface area contributed by atoms with Crippen molar-refractivity contribution < 1.29 is 19.7 Å². The van der Waals surface area contributed by atoms with Crippen molar-refractivity contribution in [2.75, 3.05) is 0 Å². The zero-order chi connectivity index (χ0) is 29.6. The fourth-order valence-electron chi connectivity index (χ4n) is 5.29. The van der Waals surface area contributed by atoms with Crippen LogP contribution in [0.5, 0.6) is 0 Å². The number of para-hydroxylation sites is 1. The second-order valence-electron chi connectivity index (χ2n) is 11.0. The third-order valence-electron chi connectivity index (χ3n) is 7.46. The Morgan fingerprint density at radius 1 is 0.683 bits per heavy atom. The van der Waals surface area contributed by atoms with Gasteiger partial charge in [-0.25, -0.2) is 0 Å². The molecule has 4 aromatic carbocycles. The van der Waals surface area contributed by atoms with E-state index in [0.29, 0.717) is 11.8 Å². The molecule has 0 radical (unpaired) electrons. The Morgan fingerprint density at radius 3 is 1.44 bits per heavy atom. The SMILES string of the molecule is CC(C)c1cccc(C(C)C)c1N=CC1CCCC1O.[Cl][Ni].c1ccc([PH+](c2ccccc2)c2ccccc2)cc1. The van der Waals surface area contributed by atoms with Gasteiger partial charge in [-0.15, -0.1) is 0 Å². The van der Waals surface area contributed by atoms with E-state index in [1.807, 2.05) is 6.21 Å². The average molecular weight is 631 g/mol. The maximum atomic E-state index is 9.93. The summed E-state index contributed by atoms with van der Waals surface area (Å²) >= 11 is 3.35. The molecule has 5 rings (SSSR count). The third-order valence-corrected chi connectivity index (χ3v) is 10.2. The largest absolute Gasteiger partial charge is 0.102 e. The summed E-state index contributed by atoms with van der Waals surface area (Å²) < 4.78 is 0. The van der Waals surface area contributed by atoms with Gasteiger partial charge in [0.15, 0.2) is 0 Å². The van der Waals surface area contributed by atoms with Crippen molar-refractivity contribution in [2.45, 2.75) is 64.9 Å². The van der Waals surface area contributed by atoms with Crippen LogP contribution in [-0.4, -0.2) is 17.4 Å². The Kier molecular flexibility index (Phi) is 14.3. The summed E-state index contributed by atoms with van der Waals surface area (Å²) in [5, 5.41) is 14.2. The smallest absolute Gasteiger partial charge is 0.0620 e. The monoisotopic (exact) mass is 629 g/mol. The van der Waals surface area contributed by atoms with Crippen molar-refractivity contribution >= 4 is 45.9 Å². The van der Waals surface area contributed by atoms with Crippen LogP contribution in [0, 0.1) is 5.92 Å². The van der Waals surface area contributed by atoms with Crippen molar-refractivity contribution in [3.63, 3.8) is 0 Å². The van der Waals surface area contributed by atoms with Crippen LogP contribution >= 0.6 is 18.1 Å². The van der Waals surface area contributed by atoms with E-state index in [1.54, 1.807) is 0 Å². The van der Waals surface area contributed by atoms with Crippen LogP contribution < -0.4 is 15.9 Å². The molecule has 1 aliphatic carbocycles. The molecular formula is C36H43ClNNiOP+. The molecule has 1 fully saturated rings. The quantitative estimate of drug-likeness (QED) is 0.124. The summed E-state index contributed by atoms with van der Waals surface area (Å²) in [5.74, 6) is 1.17. The molecular weight excluding hydrogens is 588 g/mol. The van der Waals surface area contributed by atoms with Crippen LogP contribution in [0.2, 0.25) is 0 Å². The number of aliphatic imine (C=N–C) groups is 1. The zero-order valence-corrected chi connectivity index (χ0v) is 27.2. The molecule has 0 saturated heterocycles. The molecule has 0 amide bonds. The van der Waals surface area contributed by atoms with Gasteiger partial charge in [-0.3, -0.25) is 4.99 Å². The number of hydrogen-bond acceptors (Lipinski definition) is 2. The minimum Gasteiger partial charge on any atom is -0.0620 e. The minimum absolute atomic E-state index is 0.201. The number of rotatable bonds is 7. The summed E-state index contributed by atoms with van der Waals surface area (Å²) in [7, 11) is 3.39. The molecule has 1 N–H and O–H groups in total. The maximum Gasteiger partial charge on any atom is 0.102 e. The summed E-state index contributed by atoms with van der Waals surface area (Å²) in [6.45, 7) is 8.84. The fraction of sp³-hybridized carbons (Fsp3) is 0.306. The molecule has 1 saturated carbocycles. The molecule has 4 aromatic rings. The molecule has 0 aromatic heterocycles. The van der Waals surface area contributed by atoms with E-state index in [1.165, 1.54) is 27.0 Å². The van der Waals surface area contributed by atoms with Crippen LogP contribution in [0.25, 0.3) is 0 Å². The number of hydrogen-bond donors (Lipinski definition) is 1. The Hall–Kier alpha value is -2.28. The van der Waals surface area contributed by atoms with Crippen molar-refractivity contribution in [2.24, 2.45) is 10.9 Å². The first kappa shape index (κ1) is 33.2. The van der Waals surface area contributed by atoms with Crippen LogP contribution in [0.15, 0.2) is 114 Å². The van der Waals surface area contributed by atoms with Gasteiger partial charge in [0.1, 0.15) is 15.9 Å². The standard InChI is InChI=1S/C18H27NO.C18H15P.ClH.Ni/c1-12(2)15-8-6-9-16(13(3)4)18(15)19-11-14-7-5-10-17(14)20;1-4-10-16(11-5-1)19(17-12-6-2-7-13-17)18-14-8-3-9-15-18;;/h6,8-9,11-14,17,20H,5,7,10H2,1-4H3;1-15H;1H;/q;;;+1. The van der Waals surface area contributed by atoms with Gasteiger partial charge in [-0.2, -0.15) is 0 Å². The number of halogens is 1. The second kappa shape index (κ2) is 17.6. The Labute approximate surface area is 260 Å². The first-order valence-corrected chi connectivity index (χ1v) is 17.3. The topological polar surface area (TPSA) is 32.6 Å². The van der Waals surface area contributed by atoms with E-state index in [4.69, 9.17) is 4.99 Å². The molecule has 2 unspecified atom stereocenters. The van der Waals surface area contributed by atoms with Crippen LogP contribution in [-0.2, 0) is 14.6 Å². The number of aliphatic hydroxyl groups is 1. The molecule has 0 heterocycles. The summed E-state index contributed by atoms with van der Waals surface area (Å²) in [4.78, 5) is 4.80. The van der Waals surface area contributed by atoms with E-state index in [2.05, 4.69) is 162 Å². The molecule has 0 aliphatic heterocycles. The fourth-order valence-corrected chi connectivity index (χ4v) is 7.87. The molecule has 2 atom stereocenters. The number of nitrogens with zero attached hydrogens (tertiary/aromatic N) is 1. The maximum absolute atomic E-state index is 9.93. The number of benzene rings is 4. The normalized spacial score (nSPS) is 16.5. The van der Waals surface area contributed by atoms with Gasteiger partial charge < -0.3 is 5.11 Å². The minimum atomic E-state index is -0.877. The van der Waals surface area contributed by atoms with Crippen molar-refractivity contribution in [1.29, 1.82) is 0 Å². The van der Waals surface area contributed by atoms with Gasteiger partial charge in [0, 0.05) is 12.1 Å². The first-order chi connectivity index (χ1) is 20.0.